The molecule has 1 aliphatic heterocycles. The molecule has 0 saturated heterocycles. The molecule has 27 heavy (non-hydrogen) atoms. The quantitative estimate of drug-likeness (QED) is 0.755. The number of aromatic nitrogens is 2. The zero-order chi connectivity index (χ0) is 19.4. The molecule has 0 fully saturated rings. The van der Waals surface area contributed by atoms with E-state index in [1.165, 1.54) is 16.8 Å². The maximum absolute atomic E-state index is 12.8. The van der Waals surface area contributed by atoms with Gasteiger partial charge in [0.25, 0.3) is 11.5 Å². The Balaban J connectivity index is 1.73. The molecule has 7 heteroatoms. The number of fused-ring (bicyclic) bond motifs is 1. The summed E-state index contributed by atoms with van der Waals surface area (Å²) in [5, 5.41) is 4.03. The summed E-state index contributed by atoms with van der Waals surface area (Å²) in [6.07, 6.45) is 1.57. The fourth-order valence-electron chi connectivity index (χ4n) is 3.18. The first-order chi connectivity index (χ1) is 13.0. The van der Waals surface area contributed by atoms with Crippen molar-refractivity contribution in [1.82, 2.24) is 9.78 Å². The van der Waals surface area contributed by atoms with Crippen LogP contribution in [0.1, 0.15) is 42.7 Å². The van der Waals surface area contributed by atoms with Gasteiger partial charge in [-0.3, -0.25) is 9.59 Å². The van der Waals surface area contributed by atoms with E-state index in [-0.39, 0.29) is 17.2 Å². The first-order valence-electron chi connectivity index (χ1n) is 9.19. The van der Waals surface area contributed by atoms with Crippen molar-refractivity contribution in [2.45, 2.75) is 45.8 Å². The summed E-state index contributed by atoms with van der Waals surface area (Å²) in [6, 6.07) is 10.4. The number of para-hydroxylation sites is 1. The number of ether oxygens (including phenoxy) is 1. The van der Waals surface area contributed by atoms with E-state index in [2.05, 4.69) is 5.10 Å². The molecule has 1 amide bonds. The second kappa shape index (κ2) is 8.16. The van der Waals surface area contributed by atoms with Crippen molar-refractivity contribution in [3.05, 3.63) is 58.0 Å². The highest BCUT2D eigenvalue weighted by molar-refractivity contribution is 5.99. The van der Waals surface area contributed by atoms with Crippen LogP contribution >= 0.6 is 0 Å². The minimum Gasteiger partial charge on any atom is -0.448 e. The standard InChI is InChI=1S/C20H23N3O4/c1-3-12-23-18(24)11-10-16(21-23)20(26)27-14(2)19(25)22-13-6-8-15-7-4-5-9-17(15)22/h4-5,7,9-11,14H,3,6,8,12-13H2,1-2H3. The van der Waals surface area contributed by atoms with Gasteiger partial charge in [0.1, 0.15) is 0 Å². The highest BCUT2D eigenvalue weighted by Crippen LogP contribution is 2.27. The maximum Gasteiger partial charge on any atom is 0.359 e. The lowest BCUT2D eigenvalue weighted by atomic mass is 10.0. The minimum absolute atomic E-state index is 0.0155. The topological polar surface area (TPSA) is 81.5 Å². The summed E-state index contributed by atoms with van der Waals surface area (Å²) in [6.45, 7) is 4.48. The number of esters is 1. The van der Waals surface area contributed by atoms with Crippen LogP contribution in [0.5, 0.6) is 0 Å². The van der Waals surface area contributed by atoms with Crippen molar-refractivity contribution in [2.75, 3.05) is 11.4 Å². The number of hydrogen-bond acceptors (Lipinski definition) is 5. The second-order valence-corrected chi connectivity index (χ2v) is 6.55. The van der Waals surface area contributed by atoms with Crippen molar-refractivity contribution >= 4 is 17.6 Å². The van der Waals surface area contributed by atoms with Gasteiger partial charge in [0.05, 0.1) is 0 Å². The third-order valence-corrected chi connectivity index (χ3v) is 4.52. The number of benzene rings is 1. The third-order valence-electron chi connectivity index (χ3n) is 4.52. The van der Waals surface area contributed by atoms with Gasteiger partial charge >= 0.3 is 5.97 Å². The molecule has 1 aromatic heterocycles. The van der Waals surface area contributed by atoms with Crippen LogP contribution in [0, 0.1) is 0 Å². The Kier molecular flexibility index (Phi) is 5.69. The summed E-state index contributed by atoms with van der Waals surface area (Å²) >= 11 is 0. The summed E-state index contributed by atoms with van der Waals surface area (Å²) in [5.74, 6) is -0.983. The van der Waals surface area contributed by atoms with Crippen LogP contribution in [0.25, 0.3) is 0 Å². The highest BCUT2D eigenvalue weighted by Gasteiger charge is 2.29. The smallest absolute Gasteiger partial charge is 0.359 e. The fourth-order valence-corrected chi connectivity index (χ4v) is 3.18. The van der Waals surface area contributed by atoms with E-state index in [9.17, 15) is 14.4 Å². The lowest BCUT2D eigenvalue weighted by Gasteiger charge is -2.31. The molecule has 0 saturated carbocycles. The van der Waals surface area contributed by atoms with Crippen LogP contribution < -0.4 is 10.5 Å². The Morgan fingerprint density at radius 2 is 2.00 bits per heavy atom. The Bertz CT molecular complexity index is 906. The monoisotopic (exact) mass is 369 g/mol. The molecule has 0 N–H and O–H groups in total. The molecule has 2 heterocycles. The molecule has 0 aliphatic carbocycles. The maximum atomic E-state index is 12.8. The zero-order valence-electron chi connectivity index (χ0n) is 15.6. The number of carbonyl (C=O) groups is 2. The molecule has 0 radical (unpaired) electrons. The van der Waals surface area contributed by atoms with Crippen LogP contribution in [0.15, 0.2) is 41.2 Å². The minimum atomic E-state index is -0.947. The molecule has 2 aromatic rings. The molecule has 1 unspecified atom stereocenters. The van der Waals surface area contributed by atoms with Gasteiger partial charge in [-0.25, -0.2) is 9.48 Å². The molecule has 7 nitrogen and oxygen atoms in total. The normalized spacial score (nSPS) is 14.4. The highest BCUT2D eigenvalue weighted by atomic mass is 16.5. The third kappa shape index (κ3) is 4.07. The first-order valence-corrected chi connectivity index (χ1v) is 9.19. The van der Waals surface area contributed by atoms with Gasteiger partial charge in [-0.15, -0.1) is 0 Å². The van der Waals surface area contributed by atoms with Gasteiger partial charge < -0.3 is 9.64 Å². The number of rotatable bonds is 5. The van der Waals surface area contributed by atoms with Crippen molar-refractivity contribution in [1.29, 1.82) is 0 Å². The molecule has 1 aromatic carbocycles. The van der Waals surface area contributed by atoms with Crippen molar-refractivity contribution in [2.24, 2.45) is 0 Å². The number of aryl methyl sites for hydroxylation is 2. The zero-order valence-corrected chi connectivity index (χ0v) is 15.6. The molecule has 1 atom stereocenters. The lowest BCUT2D eigenvalue weighted by molar-refractivity contribution is -0.126. The van der Waals surface area contributed by atoms with E-state index in [0.717, 1.165) is 24.1 Å². The van der Waals surface area contributed by atoms with Gasteiger partial charge in [-0.1, -0.05) is 25.1 Å². The van der Waals surface area contributed by atoms with Crippen LogP contribution in [0.3, 0.4) is 0 Å². The van der Waals surface area contributed by atoms with E-state index in [0.29, 0.717) is 19.5 Å². The van der Waals surface area contributed by atoms with Crippen molar-refractivity contribution < 1.29 is 14.3 Å². The number of hydrogen-bond donors (Lipinski definition) is 0. The first kappa shape index (κ1) is 18.8. The van der Waals surface area contributed by atoms with Crippen LogP contribution in [-0.4, -0.2) is 34.3 Å². The van der Waals surface area contributed by atoms with E-state index in [4.69, 9.17) is 4.74 Å². The van der Waals surface area contributed by atoms with Gasteiger partial charge in [0.2, 0.25) is 0 Å². The van der Waals surface area contributed by atoms with Gasteiger partial charge in [0, 0.05) is 24.8 Å². The Hall–Kier alpha value is -2.96. The van der Waals surface area contributed by atoms with Crippen LogP contribution in [0.4, 0.5) is 5.69 Å². The Labute approximate surface area is 157 Å². The van der Waals surface area contributed by atoms with Gasteiger partial charge in [-0.05, 0) is 43.9 Å². The summed E-state index contributed by atoms with van der Waals surface area (Å²) in [4.78, 5) is 38.6. The summed E-state index contributed by atoms with van der Waals surface area (Å²) in [5.41, 5.74) is 1.72. The van der Waals surface area contributed by atoms with E-state index >= 15 is 0 Å². The second-order valence-electron chi connectivity index (χ2n) is 6.55. The van der Waals surface area contributed by atoms with E-state index in [1.807, 2.05) is 31.2 Å². The largest absolute Gasteiger partial charge is 0.448 e. The summed E-state index contributed by atoms with van der Waals surface area (Å²) < 4.78 is 6.56. The Morgan fingerprint density at radius 3 is 2.78 bits per heavy atom. The van der Waals surface area contributed by atoms with E-state index < -0.39 is 12.1 Å². The molecule has 0 bridgehead atoms. The number of nitrogens with zero attached hydrogens (tertiary/aromatic N) is 3. The molecule has 142 valence electrons. The molecular weight excluding hydrogens is 346 g/mol. The van der Waals surface area contributed by atoms with Crippen LogP contribution in [-0.2, 0) is 22.5 Å². The Morgan fingerprint density at radius 1 is 1.22 bits per heavy atom. The fraction of sp³-hybridized carbons (Fsp3) is 0.400. The number of amides is 1. The average molecular weight is 369 g/mol. The molecular formula is C20H23N3O4. The average Bonchev–Trinajstić information content (AvgIpc) is 2.68. The van der Waals surface area contributed by atoms with Crippen LogP contribution in [0.2, 0.25) is 0 Å². The van der Waals surface area contributed by atoms with E-state index in [1.54, 1.807) is 11.8 Å². The van der Waals surface area contributed by atoms with Crippen molar-refractivity contribution in [3.63, 3.8) is 0 Å². The lowest BCUT2D eigenvalue weighted by Crippen LogP contribution is -2.43. The van der Waals surface area contributed by atoms with Gasteiger partial charge in [-0.2, -0.15) is 5.10 Å². The summed E-state index contributed by atoms with van der Waals surface area (Å²) in [7, 11) is 0. The SMILES string of the molecule is CCCn1nc(C(=O)OC(C)C(=O)N2CCCc3ccccc32)ccc1=O. The molecule has 3 rings (SSSR count). The number of carbonyl (C=O) groups excluding carboxylic acids is 2. The van der Waals surface area contributed by atoms with Gasteiger partial charge in [0.15, 0.2) is 11.8 Å². The van der Waals surface area contributed by atoms with Crippen molar-refractivity contribution in [3.8, 4) is 0 Å². The predicted molar refractivity (Wildman–Crippen MR) is 101 cm³/mol. The molecule has 1 aliphatic rings. The molecule has 0 spiro atoms. The predicted octanol–water partition coefficient (Wildman–Crippen LogP) is 2.18. The number of anilines is 1.